The number of para-hydroxylation sites is 1. The quantitative estimate of drug-likeness (QED) is 0.284. The molecule has 0 radical (unpaired) electrons. The molecule has 2 heterocycles. The van der Waals surface area contributed by atoms with Gasteiger partial charge in [0.2, 0.25) is 5.91 Å². The first kappa shape index (κ1) is 20.9. The van der Waals surface area contributed by atoms with E-state index in [2.05, 4.69) is 42.8 Å². The van der Waals surface area contributed by atoms with Gasteiger partial charge in [-0.2, -0.15) is 0 Å². The number of rotatable bonds is 8. The number of benzene rings is 2. The largest absolute Gasteiger partial charge is 0.308 e. The third-order valence-electron chi connectivity index (χ3n) is 4.94. The fraction of sp³-hybridized carbons (Fsp3) is 0.160. The van der Waals surface area contributed by atoms with Crippen molar-refractivity contribution in [3.8, 4) is 0 Å². The van der Waals surface area contributed by atoms with Crippen molar-refractivity contribution < 1.29 is 4.79 Å². The van der Waals surface area contributed by atoms with Crippen molar-refractivity contribution in [2.24, 2.45) is 0 Å². The molecule has 0 atom stereocenters. The van der Waals surface area contributed by atoms with Gasteiger partial charge in [0.1, 0.15) is 6.54 Å². The van der Waals surface area contributed by atoms with Crippen LogP contribution < -0.4 is 4.90 Å². The van der Waals surface area contributed by atoms with E-state index in [9.17, 15) is 4.79 Å². The van der Waals surface area contributed by atoms with Crippen molar-refractivity contribution in [3.05, 3.63) is 96.8 Å². The minimum Gasteiger partial charge on any atom is -0.308 e. The average Bonchev–Trinajstić information content (AvgIpc) is 3.14. The fourth-order valence-electron chi connectivity index (χ4n) is 3.47. The summed E-state index contributed by atoms with van der Waals surface area (Å²) < 4.78 is 1.96. The summed E-state index contributed by atoms with van der Waals surface area (Å²) in [4.78, 5) is 24.1. The van der Waals surface area contributed by atoms with Gasteiger partial charge in [-0.3, -0.25) is 9.78 Å². The number of hydrogen-bond acceptors (Lipinski definition) is 4. The number of nitrogens with zero attached hydrogens (tertiary/aromatic N) is 4. The van der Waals surface area contributed by atoms with Gasteiger partial charge in [-0.25, -0.2) is 4.98 Å². The van der Waals surface area contributed by atoms with Crippen molar-refractivity contribution in [3.63, 3.8) is 0 Å². The van der Waals surface area contributed by atoms with Gasteiger partial charge in [0.05, 0.1) is 17.2 Å². The summed E-state index contributed by atoms with van der Waals surface area (Å²) in [6, 6.07) is 20.0. The zero-order chi connectivity index (χ0) is 21.6. The van der Waals surface area contributed by atoms with Gasteiger partial charge in [0.15, 0.2) is 5.16 Å². The molecule has 0 saturated heterocycles. The van der Waals surface area contributed by atoms with Gasteiger partial charge in [-0.1, -0.05) is 65.9 Å². The molecule has 2 aromatic heterocycles. The number of imidazole rings is 1. The van der Waals surface area contributed by atoms with Crippen LogP contribution in [0.4, 0.5) is 5.69 Å². The maximum absolute atomic E-state index is 13.3. The molecule has 0 spiro atoms. The van der Waals surface area contributed by atoms with Crippen LogP contribution in [-0.4, -0.2) is 27.0 Å². The fourth-order valence-corrected chi connectivity index (χ4v) is 4.43. The Balaban J connectivity index is 1.63. The summed E-state index contributed by atoms with van der Waals surface area (Å²) >= 11 is 1.63. The number of thioether (sulfide) groups is 1. The third-order valence-corrected chi connectivity index (χ3v) is 5.99. The third kappa shape index (κ3) is 4.86. The molecule has 0 aliphatic heterocycles. The minimum atomic E-state index is -0.0216. The second-order valence-electron chi connectivity index (χ2n) is 7.25. The lowest BCUT2D eigenvalue weighted by Crippen LogP contribution is -2.34. The number of carbonyl (C=O) groups is 1. The first-order valence-electron chi connectivity index (χ1n) is 10.1. The number of anilines is 1. The Hall–Kier alpha value is -3.38. The Labute approximate surface area is 186 Å². The van der Waals surface area contributed by atoms with Crippen LogP contribution in [0, 0.1) is 6.92 Å². The summed E-state index contributed by atoms with van der Waals surface area (Å²) in [6.07, 6.45) is 5.24. The van der Waals surface area contributed by atoms with Crippen LogP contribution in [0.2, 0.25) is 0 Å². The summed E-state index contributed by atoms with van der Waals surface area (Å²) in [5, 5.41) is 0.810. The molecule has 156 valence electrons. The Bertz CT molecular complexity index is 1200. The predicted octanol–water partition coefficient (Wildman–Crippen LogP) is 5.25. The van der Waals surface area contributed by atoms with E-state index < -0.39 is 0 Å². The summed E-state index contributed by atoms with van der Waals surface area (Å²) in [6.45, 7) is 6.53. The van der Waals surface area contributed by atoms with Gasteiger partial charge >= 0.3 is 0 Å². The molecule has 4 aromatic rings. The van der Waals surface area contributed by atoms with E-state index in [0.717, 1.165) is 27.6 Å². The van der Waals surface area contributed by atoms with Crippen molar-refractivity contribution in [2.75, 3.05) is 11.4 Å². The average molecular weight is 429 g/mol. The highest BCUT2D eigenvalue weighted by Gasteiger charge is 2.19. The molecule has 2 aromatic carbocycles. The van der Waals surface area contributed by atoms with E-state index in [0.29, 0.717) is 6.54 Å². The highest BCUT2D eigenvalue weighted by atomic mass is 32.2. The van der Waals surface area contributed by atoms with Crippen molar-refractivity contribution in [2.45, 2.75) is 24.4 Å². The van der Waals surface area contributed by atoms with E-state index in [4.69, 9.17) is 4.98 Å². The number of amides is 1. The van der Waals surface area contributed by atoms with Crippen LogP contribution in [0.5, 0.6) is 0 Å². The molecule has 0 bridgehead atoms. The number of aromatic nitrogens is 3. The van der Waals surface area contributed by atoms with Crippen LogP contribution in [0.3, 0.4) is 0 Å². The SMILES string of the molecule is C=CCN(C(=O)Cn1c(SCc2cccc(C)c2)nc2ccncc21)c1ccccc1. The first-order valence-corrected chi connectivity index (χ1v) is 11.1. The summed E-state index contributed by atoms with van der Waals surface area (Å²) in [7, 11) is 0. The van der Waals surface area contributed by atoms with Crippen molar-refractivity contribution in [1.29, 1.82) is 0 Å². The molecule has 0 saturated carbocycles. The maximum Gasteiger partial charge on any atom is 0.247 e. The van der Waals surface area contributed by atoms with E-state index in [1.165, 1.54) is 11.1 Å². The first-order chi connectivity index (χ1) is 15.2. The number of aryl methyl sites for hydroxylation is 1. The molecular formula is C25H24N4OS. The smallest absolute Gasteiger partial charge is 0.247 e. The van der Waals surface area contributed by atoms with Crippen LogP contribution >= 0.6 is 11.8 Å². The molecule has 0 unspecified atom stereocenters. The van der Waals surface area contributed by atoms with Crippen LogP contribution in [-0.2, 0) is 17.1 Å². The zero-order valence-electron chi connectivity index (χ0n) is 17.4. The van der Waals surface area contributed by atoms with Gasteiger partial charge in [-0.05, 0) is 30.7 Å². The molecule has 0 aliphatic carbocycles. The standard InChI is InChI=1S/C25H24N4OS/c1-3-14-28(21-10-5-4-6-11-21)24(30)17-29-23-16-26-13-12-22(23)27-25(29)31-18-20-9-7-8-19(2)15-20/h3-13,15-16H,1,14,17-18H2,2H3. The Kier molecular flexibility index (Phi) is 6.48. The molecule has 31 heavy (non-hydrogen) atoms. The molecule has 5 nitrogen and oxygen atoms in total. The van der Waals surface area contributed by atoms with Gasteiger partial charge < -0.3 is 9.47 Å². The van der Waals surface area contributed by atoms with Crippen LogP contribution in [0.1, 0.15) is 11.1 Å². The molecule has 4 rings (SSSR count). The summed E-state index contributed by atoms with van der Waals surface area (Å²) in [5.74, 6) is 0.758. The maximum atomic E-state index is 13.3. The van der Waals surface area contributed by atoms with Crippen LogP contribution in [0.15, 0.2) is 90.9 Å². The molecule has 0 N–H and O–H groups in total. The van der Waals surface area contributed by atoms with E-state index in [-0.39, 0.29) is 12.5 Å². The second kappa shape index (κ2) is 9.62. The monoisotopic (exact) mass is 428 g/mol. The predicted molar refractivity (Wildman–Crippen MR) is 127 cm³/mol. The Morgan fingerprint density at radius 3 is 2.77 bits per heavy atom. The lowest BCUT2D eigenvalue weighted by Gasteiger charge is -2.22. The van der Waals surface area contributed by atoms with Crippen LogP contribution in [0.25, 0.3) is 11.0 Å². The van der Waals surface area contributed by atoms with E-state index >= 15 is 0 Å². The minimum absolute atomic E-state index is 0.0216. The van der Waals surface area contributed by atoms with Gasteiger partial charge in [-0.15, -0.1) is 6.58 Å². The molecular weight excluding hydrogens is 404 g/mol. The number of carbonyl (C=O) groups excluding carboxylic acids is 1. The van der Waals surface area contributed by atoms with E-state index in [1.807, 2.05) is 41.0 Å². The van der Waals surface area contributed by atoms with Gasteiger partial charge in [0, 0.05) is 24.2 Å². The number of fused-ring (bicyclic) bond motifs is 1. The molecule has 0 fully saturated rings. The Morgan fingerprint density at radius 2 is 2.00 bits per heavy atom. The highest BCUT2D eigenvalue weighted by Crippen LogP contribution is 2.27. The normalized spacial score (nSPS) is 10.9. The molecule has 0 aliphatic rings. The zero-order valence-corrected chi connectivity index (χ0v) is 18.3. The van der Waals surface area contributed by atoms with Crippen molar-refractivity contribution in [1.82, 2.24) is 14.5 Å². The summed E-state index contributed by atoms with van der Waals surface area (Å²) in [5.41, 5.74) is 5.00. The van der Waals surface area contributed by atoms with Crippen molar-refractivity contribution >= 4 is 34.4 Å². The molecule has 1 amide bonds. The van der Waals surface area contributed by atoms with Gasteiger partial charge in [0.25, 0.3) is 0 Å². The van der Waals surface area contributed by atoms with E-state index in [1.54, 1.807) is 35.1 Å². The highest BCUT2D eigenvalue weighted by molar-refractivity contribution is 7.98. The lowest BCUT2D eigenvalue weighted by molar-refractivity contribution is -0.119. The topological polar surface area (TPSA) is 51.0 Å². The molecule has 6 heteroatoms. The second-order valence-corrected chi connectivity index (χ2v) is 8.19. The Morgan fingerprint density at radius 1 is 1.16 bits per heavy atom. The lowest BCUT2D eigenvalue weighted by atomic mass is 10.2. The number of pyridine rings is 1. The number of hydrogen-bond donors (Lipinski definition) is 0.